The molecule has 1 aliphatic heterocycles. The van der Waals surface area contributed by atoms with Gasteiger partial charge in [-0.2, -0.15) is 4.52 Å². The van der Waals surface area contributed by atoms with Gasteiger partial charge in [-0.1, -0.05) is 19.3 Å². The van der Waals surface area contributed by atoms with Crippen molar-refractivity contribution in [3.8, 4) is 10.8 Å². The van der Waals surface area contributed by atoms with Gasteiger partial charge in [-0.15, -0.1) is 16.4 Å². The van der Waals surface area contributed by atoms with E-state index in [-0.39, 0.29) is 5.91 Å². The number of pyridine rings is 1. The Balaban J connectivity index is 1.43. The lowest BCUT2D eigenvalue weighted by molar-refractivity contribution is 0.0521. The summed E-state index contributed by atoms with van der Waals surface area (Å²) >= 11 is 1.48. The summed E-state index contributed by atoms with van der Waals surface area (Å²) in [6.07, 6.45) is 8.05. The Labute approximate surface area is 161 Å². The van der Waals surface area contributed by atoms with E-state index in [4.69, 9.17) is 5.73 Å². The highest BCUT2D eigenvalue weighted by molar-refractivity contribution is 7.13. The van der Waals surface area contributed by atoms with Crippen molar-refractivity contribution in [1.29, 1.82) is 0 Å². The lowest BCUT2D eigenvalue weighted by Crippen LogP contribution is -2.44. The first-order valence-electron chi connectivity index (χ1n) is 9.54. The first-order chi connectivity index (χ1) is 13.2. The van der Waals surface area contributed by atoms with Gasteiger partial charge in [0.2, 0.25) is 5.82 Å². The number of rotatable bonds is 2. The maximum Gasteiger partial charge on any atom is 0.254 e. The second-order valence-electron chi connectivity index (χ2n) is 7.56. The summed E-state index contributed by atoms with van der Waals surface area (Å²) in [5.74, 6) is 2.45. The molecule has 0 spiro atoms. The Kier molecular flexibility index (Phi) is 4.07. The fourth-order valence-electron chi connectivity index (χ4n) is 4.52. The molecule has 1 saturated carbocycles. The molecule has 2 atom stereocenters. The van der Waals surface area contributed by atoms with Crippen molar-refractivity contribution in [2.75, 3.05) is 18.8 Å². The first kappa shape index (κ1) is 16.7. The predicted octanol–water partition coefficient (Wildman–Crippen LogP) is 3.09. The quantitative estimate of drug-likeness (QED) is 0.736. The molecule has 4 heterocycles. The van der Waals surface area contributed by atoms with E-state index >= 15 is 0 Å². The van der Waals surface area contributed by atoms with Crippen LogP contribution in [0.3, 0.4) is 0 Å². The molecule has 2 unspecified atom stereocenters. The second kappa shape index (κ2) is 6.60. The normalized spacial score (nSPS) is 22.7. The van der Waals surface area contributed by atoms with Gasteiger partial charge < -0.3 is 10.6 Å². The summed E-state index contributed by atoms with van der Waals surface area (Å²) < 4.78 is 1.57. The van der Waals surface area contributed by atoms with E-state index in [1.165, 1.54) is 37.0 Å². The van der Waals surface area contributed by atoms with Crippen LogP contribution < -0.4 is 5.73 Å². The molecular weight excluding hydrogens is 360 g/mol. The zero-order chi connectivity index (χ0) is 18.4. The Hall–Kier alpha value is -2.48. The van der Waals surface area contributed by atoms with Crippen LogP contribution in [0.2, 0.25) is 0 Å². The van der Waals surface area contributed by atoms with Crippen LogP contribution in [0.5, 0.6) is 0 Å². The Morgan fingerprint density at radius 1 is 1.19 bits per heavy atom. The lowest BCUT2D eigenvalue weighted by Gasteiger charge is -2.41. The van der Waals surface area contributed by atoms with E-state index < -0.39 is 0 Å². The fraction of sp³-hybridized carbons (Fsp3) is 0.474. The van der Waals surface area contributed by atoms with Crippen molar-refractivity contribution in [2.45, 2.75) is 32.1 Å². The van der Waals surface area contributed by atoms with Crippen molar-refractivity contribution >= 4 is 28.7 Å². The van der Waals surface area contributed by atoms with Gasteiger partial charge in [0.1, 0.15) is 5.82 Å². The molecule has 2 N–H and O–H groups in total. The Morgan fingerprint density at radius 2 is 2.04 bits per heavy atom. The molecule has 0 radical (unpaired) electrons. The van der Waals surface area contributed by atoms with E-state index in [1.54, 1.807) is 22.8 Å². The lowest BCUT2D eigenvalue weighted by atomic mass is 9.75. The molecule has 7 nitrogen and oxygen atoms in total. The molecule has 1 saturated heterocycles. The minimum absolute atomic E-state index is 0.0482. The number of nitrogens with two attached hydrogens (primary N) is 1. The maximum atomic E-state index is 13.1. The Bertz CT molecular complexity index is 982. The van der Waals surface area contributed by atoms with E-state index in [0.717, 1.165) is 30.4 Å². The molecule has 1 aliphatic carbocycles. The minimum atomic E-state index is 0.0482. The molecule has 2 fully saturated rings. The van der Waals surface area contributed by atoms with Gasteiger partial charge in [-0.05, 0) is 36.8 Å². The number of thiazole rings is 1. The third-order valence-electron chi connectivity index (χ3n) is 5.91. The molecule has 0 bridgehead atoms. The average Bonchev–Trinajstić information content (AvgIpc) is 3.36. The molecule has 2 aliphatic rings. The van der Waals surface area contributed by atoms with Gasteiger partial charge in [0.05, 0.1) is 0 Å². The highest BCUT2D eigenvalue weighted by Crippen LogP contribution is 2.36. The van der Waals surface area contributed by atoms with E-state index in [1.807, 2.05) is 10.3 Å². The average molecular weight is 382 g/mol. The number of fused-ring (bicyclic) bond motifs is 2. The van der Waals surface area contributed by atoms with Crippen LogP contribution in [0.4, 0.5) is 5.82 Å². The number of piperidine rings is 1. The van der Waals surface area contributed by atoms with Crippen molar-refractivity contribution in [2.24, 2.45) is 11.8 Å². The number of nitrogens with zero attached hydrogens (tertiary/aromatic N) is 5. The molecule has 3 aromatic rings. The number of nitrogen functional groups attached to an aromatic ring is 1. The highest BCUT2D eigenvalue weighted by atomic mass is 32.1. The van der Waals surface area contributed by atoms with Crippen molar-refractivity contribution in [3.63, 3.8) is 0 Å². The molecule has 1 amide bonds. The number of hydrogen-bond acceptors (Lipinski definition) is 6. The summed E-state index contributed by atoms with van der Waals surface area (Å²) in [5.41, 5.74) is 7.34. The largest absolute Gasteiger partial charge is 0.384 e. The van der Waals surface area contributed by atoms with Crippen molar-refractivity contribution in [3.05, 3.63) is 29.3 Å². The first-order valence-corrected chi connectivity index (χ1v) is 10.4. The number of likely N-dealkylation sites (tertiary alicyclic amines) is 1. The van der Waals surface area contributed by atoms with Crippen molar-refractivity contribution < 1.29 is 4.79 Å². The molecular formula is C19H22N6OS. The number of amides is 1. The third kappa shape index (κ3) is 2.97. The molecule has 0 aromatic carbocycles. The van der Waals surface area contributed by atoms with Crippen LogP contribution in [-0.2, 0) is 0 Å². The molecule has 3 aromatic heterocycles. The van der Waals surface area contributed by atoms with Gasteiger partial charge in [0.25, 0.3) is 5.91 Å². The molecule has 27 heavy (non-hydrogen) atoms. The SMILES string of the molecule is Nc1cc(C(=O)N2CCC3CCCCC3C2)cc2nc(-c3nccs3)nn12. The summed E-state index contributed by atoms with van der Waals surface area (Å²) in [6, 6.07) is 3.50. The predicted molar refractivity (Wildman–Crippen MR) is 104 cm³/mol. The number of aromatic nitrogens is 4. The molecule has 8 heteroatoms. The summed E-state index contributed by atoms with van der Waals surface area (Å²) in [4.78, 5) is 23.9. The summed E-state index contributed by atoms with van der Waals surface area (Å²) in [6.45, 7) is 1.70. The third-order valence-corrected chi connectivity index (χ3v) is 6.68. The van der Waals surface area contributed by atoms with Gasteiger partial charge in [-0.25, -0.2) is 9.97 Å². The topological polar surface area (TPSA) is 89.4 Å². The smallest absolute Gasteiger partial charge is 0.254 e. The second-order valence-corrected chi connectivity index (χ2v) is 8.45. The van der Waals surface area contributed by atoms with E-state index in [0.29, 0.717) is 28.8 Å². The van der Waals surface area contributed by atoms with E-state index in [9.17, 15) is 4.79 Å². The number of carbonyl (C=O) groups excluding carboxylic acids is 1. The number of carbonyl (C=O) groups is 1. The van der Waals surface area contributed by atoms with Gasteiger partial charge in [-0.3, -0.25) is 4.79 Å². The van der Waals surface area contributed by atoms with Crippen molar-refractivity contribution in [1.82, 2.24) is 24.5 Å². The molecule has 5 rings (SSSR count). The number of anilines is 1. The van der Waals surface area contributed by atoms with Crippen LogP contribution >= 0.6 is 11.3 Å². The zero-order valence-corrected chi connectivity index (χ0v) is 15.9. The minimum Gasteiger partial charge on any atom is -0.384 e. The highest BCUT2D eigenvalue weighted by Gasteiger charge is 2.33. The zero-order valence-electron chi connectivity index (χ0n) is 15.0. The van der Waals surface area contributed by atoms with Crippen LogP contribution in [0.25, 0.3) is 16.5 Å². The standard InChI is InChI=1S/C19H22N6OS/c20-15-9-14(10-16-22-17(23-25(15)16)18-21-6-8-27-18)19(26)24-7-5-12-3-1-2-4-13(12)11-24/h6,8-10,12-13H,1-5,7,11,20H2. The van der Waals surface area contributed by atoms with Gasteiger partial charge >= 0.3 is 0 Å². The van der Waals surface area contributed by atoms with E-state index in [2.05, 4.69) is 15.1 Å². The molecule has 140 valence electrons. The number of hydrogen-bond donors (Lipinski definition) is 1. The summed E-state index contributed by atoms with van der Waals surface area (Å²) in [5, 5.41) is 7.05. The van der Waals surface area contributed by atoms with Crippen LogP contribution in [0.1, 0.15) is 42.5 Å². The van der Waals surface area contributed by atoms with Crippen LogP contribution in [0, 0.1) is 11.8 Å². The Morgan fingerprint density at radius 3 is 2.85 bits per heavy atom. The van der Waals surface area contributed by atoms with Crippen LogP contribution in [0.15, 0.2) is 23.7 Å². The van der Waals surface area contributed by atoms with Gasteiger partial charge in [0, 0.05) is 30.2 Å². The summed E-state index contributed by atoms with van der Waals surface area (Å²) in [7, 11) is 0. The van der Waals surface area contributed by atoms with Gasteiger partial charge in [0.15, 0.2) is 10.7 Å². The maximum absolute atomic E-state index is 13.1. The monoisotopic (exact) mass is 382 g/mol. The van der Waals surface area contributed by atoms with Crippen LogP contribution in [-0.4, -0.2) is 43.5 Å². The fourth-order valence-corrected chi connectivity index (χ4v) is 5.09.